The zero-order valence-electron chi connectivity index (χ0n) is 12.0. The lowest BCUT2D eigenvalue weighted by Crippen LogP contribution is -2.15. The third-order valence-corrected chi connectivity index (χ3v) is 2.57. The smallest absolute Gasteiger partial charge is 0.226 e. The summed E-state index contributed by atoms with van der Waals surface area (Å²) in [6, 6.07) is 5.61. The molecule has 0 aromatic heterocycles. The van der Waals surface area contributed by atoms with Crippen LogP contribution in [0.3, 0.4) is 0 Å². The summed E-state index contributed by atoms with van der Waals surface area (Å²) < 4.78 is 5.28. The number of anilines is 1. The molecule has 0 saturated heterocycles. The SMILES string of the molecule is CCCOCCC(=O)Nc1ccc(C)cc1C#CCO. The normalized spacial score (nSPS) is 9.75. The van der Waals surface area contributed by atoms with E-state index in [-0.39, 0.29) is 12.5 Å². The fourth-order valence-corrected chi connectivity index (χ4v) is 1.63. The van der Waals surface area contributed by atoms with Crippen LogP contribution in [0.25, 0.3) is 0 Å². The first-order valence-electron chi connectivity index (χ1n) is 6.75. The van der Waals surface area contributed by atoms with Crippen LogP contribution in [-0.2, 0) is 9.53 Å². The van der Waals surface area contributed by atoms with Crippen LogP contribution in [0.2, 0.25) is 0 Å². The number of amides is 1. The standard InChI is InChI=1S/C16H21NO3/c1-3-10-20-11-8-16(19)17-15-7-6-13(2)12-14(15)5-4-9-18/h6-7,12,18H,3,8-11H2,1-2H3,(H,17,19). The van der Waals surface area contributed by atoms with Crippen LogP contribution in [0.1, 0.15) is 30.9 Å². The predicted molar refractivity (Wildman–Crippen MR) is 79.5 cm³/mol. The topological polar surface area (TPSA) is 58.6 Å². The Morgan fingerprint density at radius 1 is 1.40 bits per heavy atom. The second-order valence-electron chi connectivity index (χ2n) is 4.42. The first kappa shape index (κ1) is 16.2. The highest BCUT2D eigenvalue weighted by atomic mass is 16.5. The van der Waals surface area contributed by atoms with Gasteiger partial charge in [0.1, 0.15) is 6.61 Å². The summed E-state index contributed by atoms with van der Waals surface area (Å²) in [7, 11) is 0. The zero-order valence-corrected chi connectivity index (χ0v) is 12.0. The van der Waals surface area contributed by atoms with E-state index in [1.807, 2.05) is 32.0 Å². The molecule has 0 fully saturated rings. The maximum Gasteiger partial charge on any atom is 0.226 e. The minimum Gasteiger partial charge on any atom is -0.384 e. The van der Waals surface area contributed by atoms with Crippen LogP contribution in [0.5, 0.6) is 0 Å². The number of rotatable bonds is 6. The van der Waals surface area contributed by atoms with Crippen molar-refractivity contribution in [1.29, 1.82) is 0 Å². The van der Waals surface area contributed by atoms with Crippen molar-refractivity contribution in [2.75, 3.05) is 25.1 Å². The van der Waals surface area contributed by atoms with Gasteiger partial charge in [0.25, 0.3) is 0 Å². The number of aliphatic hydroxyl groups excluding tert-OH is 1. The Hall–Kier alpha value is -1.83. The van der Waals surface area contributed by atoms with E-state index in [0.29, 0.717) is 30.9 Å². The summed E-state index contributed by atoms with van der Waals surface area (Å²) >= 11 is 0. The third-order valence-electron chi connectivity index (χ3n) is 2.57. The predicted octanol–water partition coefficient (Wildman–Crippen LogP) is 2.09. The minimum atomic E-state index is -0.202. The van der Waals surface area contributed by atoms with Gasteiger partial charge >= 0.3 is 0 Å². The Balaban J connectivity index is 2.64. The number of hydrogen-bond acceptors (Lipinski definition) is 3. The van der Waals surface area contributed by atoms with Crippen LogP contribution in [0.15, 0.2) is 18.2 Å². The summed E-state index contributed by atoms with van der Waals surface area (Å²) in [4.78, 5) is 11.8. The Bertz CT molecular complexity index is 500. The molecule has 0 spiro atoms. The van der Waals surface area contributed by atoms with Gasteiger partial charge in [0.05, 0.1) is 18.7 Å². The monoisotopic (exact) mass is 275 g/mol. The molecule has 0 aliphatic carbocycles. The van der Waals surface area contributed by atoms with Crippen LogP contribution >= 0.6 is 0 Å². The fraction of sp³-hybridized carbons (Fsp3) is 0.438. The van der Waals surface area contributed by atoms with Crippen molar-refractivity contribution in [1.82, 2.24) is 0 Å². The van der Waals surface area contributed by atoms with E-state index in [1.165, 1.54) is 0 Å². The lowest BCUT2D eigenvalue weighted by atomic mass is 10.1. The average molecular weight is 275 g/mol. The number of ether oxygens (including phenoxy) is 1. The Labute approximate surface area is 120 Å². The first-order valence-corrected chi connectivity index (χ1v) is 6.75. The molecule has 0 unspecified atom stereocenters. The van der Waals surface area contributed by atoms with E-state index >= 15 is 0 Å². The Morgan fingerprint density at radius 2 is 2.20 bits per heavy atom. The molecule has 1 amide bonds. The van der Waals surface area contributed by atoms with Crippen molar-refractivity contribution in [3.8, 4) is 11.8 Å². The van der Waals surface area contributed by atoms with E-state index < -0.39 is 0 Å². The fourth-order valence-electron chi connectivity index (χ4n) is 1.63. The maximum absolute atomic E-state index is 11.8. The molecule has 0 aliphatic heterocycles. The summed E-state index contributed by atoms with van der Waals surface area (Å²) in [6.45, 7) is 4.87. The van der Waals surface area contributed by atoms with E-state index in [0.717, 1.165) is 12.0 Å². The lowest BCUT2D eigenvalue weighted by Gasteiger charge is -2.08. The molecule has 0 aliphatic rings. The number of hydrogen-bond donors (Lipinski definition) is 2. The van der Waals surface area contributed by atoms with Crippen molar-refractivity contribution in [2.24, 2.45) is 0 Å². The van der Waals surface area contributed by atoms with Crippen molar-refractivity contribution in [3.05, 3.63) is 29.3 Å². The van der Waals surface area contributed by atoms with Crippen LogP contribution < -0.4 is 5.32 Å². The molecule has 108 valence electrons. The van der Waals surface area contributed by atoms with Gasteiger partial charge in [-0.1, -0.05) is 24.8 Å². The average Bonchev–Trinajstić information content (AvgIpc) is 2.44. The number of nitrogens with one attached hydrogen (secondary N) is 1. The van der Waals surface area contributed by atoms with Gasteiger partial charge in [-0.15, -0.1) is 0 Å². The zero-order chi connectivity index (χ0) is 14.8. The molecule has 1 aromatic carbocycles. The van der Waals surface area contributed by atoms with Crippen molar-refractivity contribution < 1.29 is 14.6 Å². The molecule has 2 N–H and O–H groups in total. The lowest BCUT2D eigenvalue weighted by molar-refractivity contribution is -0.117. The Kier molecular flexibility index (Phi) is 7.41. The number of benzene rings is 1. The van der Waals surface area contributed by atoms with E-state index in [4.69, 9.17) is 9.84 Å². The van der Waals surface area contributed by atoms with Gasteiger partial charge in [0, 0.05) is 12.2 Å². The van der Waals surface area contributed by atoms with Crippen molar-refractivity contribution >= 4 is 11.6 Å². The van der Waals surface area contributed by atoms with Gasteiger partial charge in [0.2, 0.25) is 5.91 Å². The Morgan fingerprint density at radius 3 is 2.90 bits per heavy atom. The van der Waals surface area contributed by atoms with Crippen molar-refractivity contribution in [3.63, 3.8) is 0 Å². The largest absolute Gasteiger partial charge is 0.384 e. The second kappa shape index (κ2) is 9.13. The molecular weight excluding hydrogens is 254 g/mol. The molecule has 0 radical (unpaired) electrons. The summed E-state index contributed by atoms with van der Waals surface area (Å²) in [5.41, 5.74) is 2.43. The molecule has 4 nitrogen and oxygen atoms in total. The molecule has 1 aromatic rings. The number of carbonyl (C=O) groups excluding carboxylic acids is 1. The number of carbonyl (C=O) groups is 1. The maximum atomic E-state index is 11.8. The summed E-state index contributed by atoms with van der Waals surface area (Å²) in [6.07, 6.45) is 1.27. The number of aliphatic hydroxyl groups is 1. The highest BCUT2D eigenvalue weighted by Crippen LogP contribution is 2.16. The quantitative estimate of drug-likeness (QED) is 0.617. The summed E-state index contributed by atoms with van der Waals surface area (Å²) in [5.74, 6) is 5.33. The minimum absolute atomic E-state index is 0.1000. The van der Waals surface area contributed by atoms with Gasteiger partial charge in [-0.25, -0.2) is 0 Å². The third kappa shape index (κ3) is 5.87. The van der Waals surface area contributed by atoms with E-state index in [2.05, 4.69) is 17.2 Å². The highest BCUT2D eigenvalue weighted by molar-refractivity contribution is 5.92. The van der Waals surface area contributed by atoms with E-state index in [1.54, 1.807) is 0 Å². The molecule has 4 heteroatoms. The van der Waals surface area contributed by atoms with Gasteiger partial charge in [0.15, 0.2) is 0 Å². The van der Waals surface area contributed by atoms with Crippen LogP contribution in [0, 0.1) is 18.8 Å². The molecular formula is C16H21NO3. The molecule has 0 bridgehead atoms. The van der Waals surface area contributed by atoms with Crippen LogP contribution in [-0.4, -0.2) is 30.8 Å². The van der Waals surface area contributed by atoms with E-state index in [9.17, 15) is 4.79 Å². The number of aryl methyl sites for hydroxylation is 1. The molecule has 0 saturated carbocycles. The van der Waals surface area contributed by atoms with Gasteiger partial charge in [-0.05, 0) is 31.0 Å². The second-order valence-corrected chi connectivity index (χ2v) is 4.42. The van der Waals surface area contributed by atoms with Gasteiger partial charge < -0.3 is 15.2 Å². The molecule has 0 heterocycles. The summed E-state index contributed by atoms with van der Waals surface area (Å²) in [5, 5.41) is 11.6. The van der Waals surface area contributed by atoms with Gasteiger partial charge in [-0.2, -0.15) is 0 Å². The van der Waals surface area contributed by atoms with Crippen LogP contribution in [0.4, 0.5) is 5.69 Å². The van der Waals surface area contributed by atoms with Gasteiger partial charge in [-0.3, -0.25) is 4.79 Å². The highest BCUT2D eigenvalue weighted by Gasteiger charge is 2.06. The van der Waals surface area contributed by atoms with Crippen molar-refractivity contribution in [2.45, 2.75) is 26.7 Å². The molecule has 0 atom stereocenters. The first-order chi connectivity index (χ1) is 9.67. The molecule has 20 heavy (non-hydrogen) atoms. The molecule has 1 rings (SSSR count).